The van der Waals surface area contributed by atoms with Gasteiger partial charge in [-0.2, -0.15) is 0 Å². The molecule has 0 radical (unpaired) electrons. The largest absolute Gasteiger partial charge is 0.481 e. The summed E-state index contributed by atoms with van der Waals surface area (Å²) >= 11 is 11.9. The highest BCUT2D eigenvalue weighted by molar-refractivity contribution is 7.31. The number of aliphatic carboxylic acids is 3. The highest BCUT2D eigenvalue weighted by Gasteiger charge is 2.21. The molecule has 6 nitrogen and oxygen atoms in total. The first-order chi connectivity index (χ1) is 25.6. The third kappa shape index (κ3) is 8.51. The van der Waals surface area contributed by atoms with Crippen molar-refractivity contribution in [3.05, 3.63) is 93.2 Å². The number of carboxylic acid groups (broad SMARTS) is 3. The van der Waals surface area contributed by atoms with Crippen molar-refractivity contribution >= 4 is 97.3 Å². The number of thiophene rings is 7. The quantitative estimate of drug-likeness (QED) is 0.0894. The van der Waals surface area contributed by atoms with Gasteiger partial charge >= 0.3 is 17.9 Å². The minimum atomic E-state index is -0.836. The van der Waals surface area contributed by atoms with Gasteiger partial charge in [0.15, 0.2) is 0 Å². The average Bonchev–Trinajstić information content (AvgIpc) is 3.97. The van der Waals surface area contributed by atoms with Crippen LogP contribution in [0.5, 0.6) is 0 Å². The van der Waals surface area contributed by atoms with Crippen LogP contribution >= 0.6 is 79.4 Å². The molecule has 0 aromatic carbocycles. The maximum absolute atomic E-state index is 11.6. The van der Waals surface area contributed by atoms with E-state index >= 15 is 0 Å². The van der Waals surface area contributed by atoms with E-state index in [2.05, 4.69) is 73.0 Å². The molecule has 0 aliphatic carbocycles. The molecule has 272 valence electrons. The summed E-state index contributed by atoms with van der Waals surface area (Å²) in [7, 11) is 0. The average molecular weight is 835 g/mol. The van der Waals surface area contributed by atoms with Crippen LogP contribution in [-0.4, -0.2) is 33.2 Å². The minimum Gasteiger partial charge on any atom is -0.481 e. The second-order valence-corrected chi connectivity index (χ2v) is 20.0. The molecule has 7 heterocycles. The molecule has 0 amide bonds. The van der Waals surface area contributed by atoms with E-state index in [9.17, 15) is 29.7 Å². The van der Waals surface area contributed by atoms with Crippen LogP contribution in [0.1, 0.15) is 53.3 Å². The molecule has 0 saturated carbocycles. The molecule has 0 spiro atoms. The summed E-state index contributed by atoms with van der Waals surface area (Å²) < 4.78 is 0. The Hall–Kier alpha value is -3.69. The van der Waals surface area contributed by atoms with E-state index in [1.807, 2.05) is 6.92 Å². The molecule has 0 aliphatic heterocycles. The summed E-state index contributed by atoms with van der Waals surface area (Å²) in [5.41, 5.74) is 4.44. The number of hydrogen-bond acceptors (Lipinski definition) is 10. The van der Waals surface area contributed by atoms with Crippen molar-refractivity contribution in [2.75, 3.05) is 0 Å². The van der Waals surface area contributed by atoms with E-state index in [1.165, 1.54) is 15.3 Å². The SMILES string of the molecule is CCc1ccsc1-c1ccc(-c2sc(-c3ccc(-c4cc(CCC(=O)O)c(-c5ccc(-c6sc(C)cc6CCC(=O)O)s5)s4)s3)cc2CCC(=O)O)s1. The second kappa shape index (κ2) is 16.4. The lowest BCUT2D eigenvalue weighted by Gasteiger charge is -2.01. The zero-order valence-corrected chi connectivity index (χ0v) is 34.4. The van der Waals surface area contributed by atoms with E-state index in [0.717, 1.165) is 76.8 Å². The second-order valence-electron chi connectivity index (χ2n) is 12.4. The van der Waals surface area contributed by atoms with Gasteiger partial charge in [0.05, 0.1) is 0 Å². The van der Waals surface area contributed by atoms with Crippen LogP contribution in [0.15, 0.2) is 66.0 Å². The number of hydrogen-bond donors (Lipinski definition) is 3. The van der Waals surface area contributed by atoms with Gasteiger partial charge in [0.2, 0.25) is 0 Å². The van der Waals surface area contributed by atoms with Crippen molar-refractivity contribution in [1.29, 1.82) is 0 Å². The number of carboxylic acids is 3. The van der Waals surface area contributed by atoms with Crippen LogP contribution in [0.4, 0.5) is 0 Å². The molecule has 3 N–H and O–H groups in total. The van der Waals surface area contributed by atoms with Crippen LogP contribution in [0.2, 0.25) is 0 Å². The van der Waals surface area contributed by atoms with Crippen LogP contribution in [0.25, 0.3) is 58.5 Å². The molecule has 53 heavy (non-hydrogen) atoms. The van der Waals surface area contributed by atoms with Crippen molar-refractivity contribution in [2.24, 2.45) is 0 Å². The Morgan fingerprint density at radius 2 is 0.868 bits per heavy atom. The molecule has 0 saturated heterocycles. The summed E-state index contributed by atoms with van der Waals surface area (Å²) in [6.45, 7) is 4.21. The lowest BCUT2D eigenvalue weighted by Crippen LogP contribution is -1.97. The predicted octanol–water partition coefficient (Wildman–Crippen LogP) is 13.0. The van der Waals surface area contributed by atoms with Crippen molar-refractivity contribution in [3.8, 4) is 58.5 Å². The Kier molecular flexibility index (Phi) is 11.6. The third-order valence-corrected chi connectivity index (χ3v) is 17.5. The Bertz CT molecular complexity index is 2420. The number of carbonyl (C=O) groups is 3. The topological polar surface area (TPSA) is 112 Å². The monoisotopic (exact) mass is 834 g/mol. The molecular weight excluding hydrogens is 801 g/mol. The molecule has 0 aliphatic rings. The van der Waals surface area contributed by atoms with E-state index in [0.29, 0.717) is 19.3 Å². The van der Waals surface area contributed by atoms with Gasteiger partial charge < -0.3 is 15.3 Å². The lowest BCUT2D eigenvalue weighted by atomic mass is 10.1. The van der Waals surface area contributed by atoms with Gasteiger partial charge in [0, 0.05) is 82.7 Å². The third-order valence-electron chi connectivity index (χ3n) is 8.70. The van der Waals surface area contributed by atoms with Gasteiger partial charge in [0.1, 0.15) is 0 Å². The van der Waals surface area contributed by atoms with Crippen molar-refractivity contribution < 1.29 is 29.7 Å². The van der Waals surface area contributed by atoms with Gasteiger partial charge in [-0.05, 0) is 121 Å². The minimum absolute atomic E-state index is 0.0360. The summed E-state index contributed by atoms with van der Waals surface area (Å²) in [5.74, 6) is -2.46. The molecular formula is C40H34O6S7. The van der Waals surface area contributed by atoms with Crippen LogP contribution in [0, 0.1) is 6.92 Å². The fourth-order valence-corrected chi connectivity index (χ4v) is 14.4. The van der Waals surface area contributed by atoms with Crippen LogP contribution < -0.4 is 0 Å². The molecule has 0 fully saturated rings. The Morgan fingerprint density at radius 3 is 1.32 bits per heavy atom. The van der Waals surface area contributed by atoms with Crippen LogP contribution in [-0.2, 0) is 40.1 Å². The fourth-order valence-electron chi connectivity index (χ4n) is 6.17. The molecule has 7 rings (SSSR count). The van der Waals surface area contributed by atoms with Crippen molar-refractivity contribution in [1.82, 2.24) is 0 Å². The number of aryl methyl sites for hydroxylation is 5. The van der Waals surface area contributed by atoms with Crippen LogP contribution in [0.3, 0.4) is 0 Å². The molecule has 13 heteroatoms. The maximum Gasteiger partial charge on any atom is 0.303 e. The van der Waals surface area contributed by atoms with E-state index in [-0.39, 0.29) is 19.3 Å². The van der Waals surface area contributed by atoms with E-state index < -0.39 is 17.9 Å². The Labute approximate surface area is 335 Å². The highest BCUT2D eigenvalue weighted by Crippen LogP contribution is 2.50. The molecule has 0 atom stereocenters. The first-order valence-corrected chi connectivity index (χ1v) is 22.7. The zero-order chi connectivity index (χ0) is 37.2. The Balaban J connectivity index is 1.20. The van der Waals surface area contributed by atoms with E-state index in [1.54, 1.807) is 79.4 Å². The lowest BCUT2D eigenvalue weighted by molar-refractivity contribution is -0.138. The smallest absolute Gasteiger partial charge is 0.303 e. The van der Waals surface area contributed by atoms with Gasteiger partial charge in [-0.1, -0.05) is 6.92 Å². The van der Waals surface area contributed by atoms with Gasteiger partial charge in [-0.3, -0.25) is 14.4 Å². The Morgan fingerprint density at radius 1 is 0.472 bits per heavy atom. The standard InChI is InChI=1S/C40H34O6S7/c1-3-22-16-17-47-37(22)28-9-10-30(50-28)39-24(5-14-35(43)44)19-32(52-39)26-7-8-27(49-26)33-20-25(6-15-36(45)46)40(53-33)31-12-11-29(51-31)38-23(4-13-34(41)42)18-21(2)48-38/h7-12,16-20H,3-6,13-15H2,1-2H3,(H,41,42)(H,43,44)(H,45,46). The van der Waals surface area contributed by atoms with Gasteiger partial charge in [0.25, 0.3) is 0 Å². The maximum atomic E-state index is 11.6. The molecule has 7 aromatic heterocycles. The molecule has 7 aromatic rings. The van der Waals surface area contributed by atoms with Crippen molar-refractivity contribution in [2.45, 2.75) is 58.8 Å². The van der Waals surface area contributed by atoms with Gasteiger partial charge in [-0.25, -0.2) is 0 Å². The zero-order valence-electron chi connectivity index (χ0n) is 28.7. The summed E-state index contributed by atoms with van der Waals surface area (Å²) in [4.78, 5) is 49.2. The first-order valence-electron chi connectivity index (χ1n) is 16.9. The summed E-state index contributed by atoms with van der Waals surface area (Å²) in [6, 6.07) is 21.3. The summed E-state index contributed by atoms with van der Waals surface area (Å²) in [5, 5.41) is 30.5. The predicted molar refractivity (Wildman–Crippen MR) is 226 cm³/mol. The van der Waals surface area contributed by atoms with Gasteiger partial charge in [-0.15, -0.1) is 79.4 Å². The molecule has 0 unspecified atom stereocenters. The molecule has 0 bridgehead atoms. The highest BCUT2D eigenvalue weighted by atomic mass is 32.1. The van der Waals surface area contributed by atoms with Crippen molar-refractivity contribution in [3.63, 3.8) is 0 Å². The van der Waals surface area contributed by atoms with E-state index in [4.69, 9.17) is 0 Å². The first kappa shape index (κ1) is 37.6. The fraction of sp³-hybridized carbons (Fsp3) is 0.225. The number of rotatable bonds is 16. The normalized spacial score (nSPS) is 11.4. The summed E-state index contributed by atoms with van der Waals surface area (Å²) in [6.07, 6.45) is 2.52.